The van der Waals surface area contributed by atoms with Crippen molar-refractivity contribution in [1.82, 2.24) is 14.8 Å². The van der Waals surface area contributed by atoms with Gasteiger partial charge < -0.3 is 4.90 Å². The van der Waals surface area contributed by atoms with E-state index in [1.165, 1.54) is 18.5 Å². The molecule has 30 heavy (non-hydrogen) atoms. The van der Waals surface area contributed by atoms with Gasteiger partial charge in [-0.3, -0.25) is 4.68 Å². The summed E-state index contributed by atoms with van der Waals surface area (Å²) in [7, 11) is 0. The number of aromatic nitrogens is 3. The minimum absolute atomic E-state index is 0.204. The first-order chi connectivity index (χ1) is 14.4. The Morgan fingerprint density at radius 2 is 1.70 bits per heavy atom. The summed E-state index contributed by atoms with van der Waals surface area (Å²) < 4.78 is 2.10. The Hall–Kier alpha value is -1.78. The number of unbranched alkanes of at least 4 members (excludes halogenated alkanes) is 2. The van der Waals surface area contributed by atoms with Crippen molar-refractivity contribution in [2.45, 2.75) is 66.3 Å². The molecule has 0 aliphatic rings. The van der Waals surface area contributed by atoms with Crippen LogP contribution in [0.2, 0.25) is 10.0 Å². The standard InChI is InChI=1S/C24H32Cl2N4/c1-6-8-12-29(13-9-7-2)21-14-17(5)27-23-22(28-30(16(3)4)24(21)23)19-11-10-18(25)15-20(19)26/h10-11,14-16H,6-9,12-13H2,1-5H3. The zero-order valence-electron chi connectivity index (χ0n) is 18.7. The fourth-order valence-electron chi connectivity index (χ4n) is 3.77. The molecule has 0 atom stereocenters. The van der Waals surface area contributed by atoms with Crippen LogP contribution in [-0.4, -0.2) is 27.9 Å². The summed E-state index contributed by atoms with van der Waals surface area (Å²) in [5.41, 5.74) is 5.88. The second-order valence-electron chi connectivity index (χ2n) is 8.19. The molecule has 0 saturated heterocycles. The summed E-state index contributed by atoms with van der Waals surface area (Å²) in [4.78, 5) is 7.43. The summed E-state index contributed by atoms with van der Waals surface area (Å²) in [6.45, 7) is 12.9. The van der Waals surface area contributed by atoms with E-state index in [9.17, 15) is 0 Å². The summed E-state index contributed by atoms with van der Waals surface area (Å²) in [6.07, 6.45) is 4.67. The highest BCUT2D eigenvalue weighted by Crippen LogP contribution is 2.38. The molecule has 0 radical (unpaired) electrons. The van der Waals surface area contributed by atoms with Gasteiger partial charge in [-0.2, -0.15) is 5.10 Å². The molecule has 3 rings (SSSR count). The number of fused-ring (bicyclic) bond motifs is 1. The van der Waals surface area contributed by atoms with E-state index >= 15 is 0 Å². The number of hydrogen-bond donors (Lipinski definition) is 0. The average molecular weight is 447 g/mol. The maximum atomic E-state index is 6.56. The fraction of sp³-hybridized carbons (Fsp3) is 0.500. The Kier molecular flexibility index (Phi) is 7.65. The maximum Gasteiger partial charge on any atom is 0.120 e. The molecule has 1 aromatic carbocycles. The highest BCUT2D eigenvalue weighted by atomic mass is 35.5. The van der Waals surface area contributed by atoms with Crippen molar-refractivity contribution in [1.29, 1.82) is 0 Å². The van der Waals surface area contributed by atoms with Crippen molar-refractivity contribution in [3.05, 3.63) is 40.0 Å². The van der Waals surface area contributed by atoms with Crippen LogP contribution in [0.3, 0.4) is 0 Å². The minimum Gasteiger partial charge on any atom is -0.370 e. The van der Waals surface area contributed by atoms with Crippen LogP contribution in [0.5, 0.6) is 0 Å². The molecule has 0 fully saturated rings. The van der Waals surface area contributed by atoms with E-state index in [1.807, 2.05) is 12.1 Å². The molecule has 2 heterocycles. The molecule has 2 aromatic heterocycles. The lowest BCUT2D eigenvalue weighted by Crippen LogP contribution is -2.26. The van der Waals surface area contributed by atoms with Gasteiger partial charge in [0.05, 0.1) is 10.7 Å². The molecule has 162 valence electrons. The van der Waals surface area contributed by atoms with E-state index in [-0.39, 0.29) is 6.04 Å². The van der Waals surface area contributed by atoms with Crippen LogP contribution < -0.4 is 4.90 Å². The van der Waals surface area contributed by atoms with Crippen molar-refractivity contribution in [3.63, 3.8) is 0 Å². The van der Waals surface area contributed by atoms with E-state index in [4.69, 9.17) is 33.3 Å². The maximum absolute atomic E-state index is 6.56. The molecule has 0 bridgehead atoms. The van der Waals surface area contributed by atoms with Gasteiger partial charge >= 0.3 is 0 Å². The summed E-state index contributed by atoms with van der Waals surface area (Å²) in [5, 5.41) is 6.21. The van der Waals surface area contributed by atoms with Gasteiger partial charge in [-0.05, 0) is 57.9 Å². The molecule has 0 amide bonds. The monoisotopic (exact) mass is 446 g/mol. The normalized spacial score (nSPS) is 11.6. The highest BCUT2D eigenvalue weighted by Gasteiger charge is 2.23. The van der Waals surface area contributed by atoms with Crippen LogP contribution in [0.4, 0.5) is 5.69 Å². The number of pyridine rings is 1. The van der Waals surface area contributed by atoms with E-state index in [0.717, 1.165) is 53.9 Å². The molecule has 0 N–H and O–H groups in total. The number of hydrogen-bond acceptors (Lipinski definition) is 3. The van der Waals surface area contributed by atoms with Gasteiger partial charge in [0.25, 0.3) is 0 Å². The van der Waals surface area contributed by atoms with Crippen LogP contribution >= 0.6 is 23.2 Å². The smallest absolute Gasteiger partial charge is 0.120 e. The van der Waals surface area contributed by atoms with Crippen LogP contribution in [0.25, 0.3) is 22.3 Å². The van der Waals surface area contributed by atoms with Crippen molar-refractivity contribution in [2.75, 3.05) is 18.0 Å². The molecule has 0 aliphatic carbocycles. The highest BCUT2D eigenvalue weighted by molar-refractivity contribution is 6.36. The Labute approximate surface area is 190 Å². The number of nitrogens with zero attached hydrogens (tertiary/aromatic N) is 4. The summed E-state index contributed by atoms with van der Waals surface area (Å²) >= 11 is 12.7. The number of anilines is 1. The van der Waals surface area contributed by atoms with Gasteiger partial charge in [-0.25, -0.2) is 4.98 Å². The second-order valence-corrected chi connectivity index (χ2v) is 9.03. The van der Waals surface area contributed by atoms with Crippen molar-refractivity contribution in [2.24, 2.45) is 0 Å². The van der Waals surface area contributed by atoms with Crippen LogP contribution in [0.15, 0.2) is 24.3 Å². The average Bonchev–Trinajstić information content (AvgIpc) is 3.07. The first kappa shape index (κ1) is 22.9. The van der Waals surface area contributed by atoms with Crippen LogP contribution in [0, 0.1) is 6.92 Å². The van der Waals surface area contributed by atoms with Crippen molar-refractivity contribution < 1.29 is 0 Å². The van der Waals surface area contributed by atoms with Gasteiger partial charge in [-0.15, -0.1) is 0 Å². The van der Waals surface area contributed by atoms with Crippen molar-refractivity contribution >= 4 is 39.9 Å². The molecular weight excluding hydrogens is 415 g/mol. The summed E-state index contributed by atoms with van der Waals surface area (Å²) in [5.74, 6) is 0. The van der Waals surface area contributed by atoms with E-state index < -0.39 is 0 Å². The van der Waals surface area contributed by atoms with Crippen LogP contribution in [0.1, 0.15) is 65.1 Å². The SMILES string of the molecule is CCCCN(CCCC)c1cc(C)nc2c(-c3ccc(Cl)cc3Cl)nn(C(C)C)c12. The van der Waals surface area contributed by atoms with Gasteiger partial charge in [0, 0.05) is 35.4 Å². The lowest BCUT2D eigenvalue weighted by atomic mass is 10.1. The zero-order valence-corrected chi connectivity index (χ0v) is 20.2. The topological polar surface area (TPSA) is 34.0 Å². The molecule has 4 nitrogen and oxygen atoms in total. The molecule has 6 heteroatoms. The molecule has 3 aromatic rings. The van der Waals surface area contributed by atoms with Gasteiger partial charge in [-0.1, -0.05) is 49.9 Å². The quantitative estimate of drug-likeness (QED) is 0.337. The van der Waals surface area contributed by atoms with Crippen molar-refractivity contribution in [3.8, 4) is 11.3 Å². The molecule has 0 unspecified atom stereocenters. The Morgan fingerprint density at radius 3 is 2.27 bits per heavy atom. The number of aryl methyl sites for hydroxylation is 1. The minimum atomic E-state index is 0.204. The summed E-state index contributed by atoms with van der Waals surface area (Å²) in [6, 6.07) is 7.97. The largest absolute Gasteiger partial charge is 0.370 e. The molecular formula is C24H32Cl2N4. The fourth-order valence-corrected chi connectivity index (χ4v) is 4.27. The second kappa shape index (κ2) is 10.0. The Bertz CT molecular complexity index is 1000. The first-order valence-corrected chi connectivity index (χ1v) is 11.7. The van der Waals surface area contributed by atoms with E-state index in [1.54, 1.807) is 6.07 Å². The van der Waals surface area contributed by atoms with Gasteiger partial charge in [0.15, 0.2) is 0 Å². The third-order valence-corrected chi connectivity index (χ3v) is 5.89. The first-order valence-electron chi connectivity index (χ1n) is 11.0. The lowest BCUT2D eigenvalue weighted by Gasteiger charge is -2.26. The zero-order chi connectivity index (χ0) is 21.8. The molecule has 0 aliphatic heterocycles. The number of rotatable bonds is 9. The van der Waals surface area contributed by atoms with Gasteiger partial charge in [0.2, 0.25) is 0 Å². The Balaban J connectivity index is 2.27. The lowest BCUT2D eigenvalue weighted by molar-refractivity contribution is 0.551. The van der Waals surface area contributed by atoms with Gasteiger partial charge in [0.1, 0.15) is 16.7 Å². The third-order valence-electron chi connectivity index (χ3n) is 5.34. The predicted molar refractivity (Wildman–Crippen MR) is 130 cm³/mol. The Morgan fingerprint density at radius 1 is 1.03 bits per heavy atom. The third kappa shape index (κ3) is 4.76. The van der Waals surface area contributed by atoms with Crippen LogP contribution in [-0.2, 0) is 0 Å². The molecule has 0 spiro atoms. The predicted octanol–water partition coefficient (Wildman–Crippen LogP) is 7.70. The van der Waals surface area contributed by atoms with E-state index in [0.29, 0.717) is 10.0 Å². The number of halogens is 2. The number of benzene rings is 1. The molecule has 0 saturated carbocycles. The van der Waals surface area contributed by atoms with E-state index in [2.05, 4.69) is 50.3 Å².